The van der Waals surface area contributed by atoms with Crippen LogP contribution in [0.4, 0.5) is 11.4 Å². The zero-order valence-electron chi connectivity index (χ0n) is 11.6. The van der Waals surface area contributed by atoms with Gasteiger partial charge in [0.25, 0.3) is 5.91 Å². The molecule has 0 bridgehead atoms. The predicted molar refractivity (Wildman–Crippen MR) is 83.4 cm³/mol. The van der Waals surface area contributed by atoms with E-state index in [-0.39, 0.29) is 5.91 Å². The quantitative estimate of drug-likeness (QED) is 0.851. The second-order valence-corrected chi connectivity index (χ2v) is 4.67. The highest BCUT2D eigenvalue weighted by Crippen LogP contribution is 2.30. The van der Waals surface area contributed by atoms with Gasteiger partial charge in [-0.3, -0.25) is 4.79 Å². The van der Waals surface area contributed by atoms with Crippen molar-refractivity contribution in [2.24, 2.45) is 0 Å². The van der Waals surface area contributed by atoms with Crippen LogP contribution in [0.3, 0.4) is 0 Å². The Labute approximate surface area is 127 Å². The molecular formula is C15H15ClN2O3. The summed E-state index contributed by atoms with van der Waals surface area (Å²) in [6, 6.07) is 9.83. The number of methoxy groups -OCH3 is 2. The van der Waals surface area contributed by atoms with Crippen molar-refractivity contribution in [3.05, 3.63) is 47.0 Å². The first kappa shape index (κ1) is 15.0. The number of halogens is 1. The summed E-state index contributed by atoms with van der Waals surface area (Å²) in [5, 5.41) is 3.17. The van der Waals surface area contributed by atoms with Crippen molar-refractivity contribution in [3.63, 3.8) is 0 Å². The van der Waals surface area contributed by atoms with E-state index >= 15 is 0 Å². The molecule has 2 aromatic rings. The van der Waals surface area contributed by atoms with E-state index in [1.54, 1.807) is 37.4 Å². The molecule has 0 atom stereocenters. The van der Waals surface area contributed by atoms with Crippen LogP contribution in [0.1, 0.15) is 10.4 Å². The summed E-state index contributed by atoms with van der Waals surface area (Å²) < 4.78 is 10.3. The van der Waals surface area contributed by atoms with Crippen LogP contribution in [-0.4, -0.2) is 20.1 Å². The van der Waals surface area contributed by atoms with Crippen molar-refractivity contribution in [2.45, 2.75) is 0 Å². The molecule has 0 radical (unpaired) electrons. The Morgan fingerprint density at radius 3 is 2.43 bits per heavy atom. The molecular weight excluding hydrogens is 292 g/mol. The van der Waals surface area contributed by atoms with E-state index in [4.69, 9.17) is 26.8 Å². The van der Waals surface area contributed by atoms with Gasteiger partial charge in [-0.2, -0.15) is 0 Å². The third-order valence-electron chi connectivity index (χ3n) is 2.90. The van der Waals surface area contributed by atoms with E-state index in [0.29, 0.717) is 33.5 Å². The summed E-state index contributed by atoms with van der Waals surface area (Å²) in [5.41, 5.74) is 7.06. The number of hydrogen-bond donors (Lipinski definition) is 2. The molecule has 5 nitrogen and oxygen atoms in total. The van der Waals surface area contributed by atoms with Gasteiger partial charge in [-0.1, -0.05) is 11.6 Å². The van der Waals surface area contributed by atoms with Crippen molar-refractivity contribution >= 4 is 28.9 Å². The smallest absolute Gasteiger partial charge is 0.255 e. The van der Waals surface area contributed by atoms with Gasteiger partial charge in [0.05, 0.1) is 24.9 Å². The third kappa shape index (κ3) is 3.38. The molecule has 21 heavy (non-hydrogen) atoms. The number of rotatable bonds is 4. The minimum Gasteiger partial charge on any atom is -0.493 e. The fourth-order valence-corrected chi connectivity index (χ4v) is 1.92. The number of nitrogen functional groups attached to an aromatic ring is 1. The van der Waals surface area contributed by atoms with E-state index in [2.05, 4.69) is 5.32 Å². The van der Waals surface area contributed by atoms with Gasteiger partial charge in [0, 0.05) is 17.3 Å². The monoisotopic (exact) mass is 306 g/mol. The normalized spacial score (nSPS) is 10.0. The number of carbonyl (C=O) groups is 1. The molecule has 0 aliphatic rings. The van der Waals surface area contributed by atoms with E-state index in [0.717, 1.165) is 0 Å². The molecule has 0 saturated carbocycles. The molecule has 0 unspecified atom stereocenters. The maximum Gasteiger partial charge on any atom is 0.255 e. The lowest BCUT2D eigenvalue weighted by Gasteiger charge is -2.11. The highest BCUT2D eigenvalue weighted by atomic mass is 35.5. The molecule has 0 saturated heterocycles. The number of benzene rings is 2. The summed E-state index contributed by atoms with van der Waals surface area (Å²) in [4.78, 5) is 12.1. The predicted octanol–water partition coefficient (Wildman–Crippen LogP) is 3.19. The highest BCUT2D eigenvalue weighted by molar-refractivity contribution is 6.33. The van der Waals surface area contributed by atoms with Gasteiger partial charge in [0.1, 0.15) is 0 Å². The maximum atomic E-state index is 12.1. The molecule has 2 rings (SSSR count). The van der Waals surface area contributed by atoms with E-state index in [9.17, 15) is 4.79 Å². The van der Waals surface area contributed by atoms with Crippen LogP contribution in [-0.2, 0) is 0 Å². The standard InChI is InChI=1S/C15H15ClN2O3/c1-20-13-6-4-10(8-14(13)21-2)18-15(19)9-3-5-11(16)12(17)7-9/h3-8H,17H2,1-2H3,(H,18,19). The van der Waals surface area contributed by atoms with E-state index in [1.807, 2.05) is 0 Å². The van der Waals surface area contributed by atoms with Gasteiger partial charge in [0.2, 0.25) is 0 Å². The van der Waals surface area contributed by atoms with Crippen molar-refractivity contribution < 1.29 is 14.3 Å². The van der Waals surface area contributed by atoms with Gasteiger partial charge in [0.15, 0.2) is 11.5 Å². The van der Waals surface area contributed by atoms with Crippen LogP contribution in [0.25, 0.3) is 0 Å². The number of nitrogens with two attached hydrogens (primary N) is 1. The van der Waals surface area contributed by atoms with Crippen molar-refractivity contribution in [3.8, 4) is 11.5 Å². The van der Waals surface area contributed by atoms with Crippen LogP contribution in [0.5, 0.6) is 11.5 Å². The number of ether oxygens (including phenoxy) is 2. The number of nitrogens with one attached hydrogen (secondary N) is 1. The van der Waals surface area contributed by atoms with Crippen LogP contribution < -0.4 is 20.5 Å². The molecule has 0 spiro atoms. The lowest BCUT2D eigenvalue weighted by Crippen LogP contribution is -2.12. The molecule has 2 aromatic carbocycles. The largest absolute Gasteiger partial charge is 0.493 e. The first-order chi connectivity index (χ1) is 10.0. The Morgan fingerprint density at radius 1 is 1.10 bits per heavy atom. The van der Waals surface area contributed by atoms with Gasteiger partial charge in [-0.05, 0) is 30.3 Å². The Hall–Kier alpha value is -2.40. The molecule has 110 valence electrons. The maximum absolute atomic E-state index is 12.1. The molecule has 0 aromatic heterocycles. The average Bonchev–Trinajstić information content (AvgIpc) is 2.49. The number of amides is 1. The molecule has 0 aliphatic carbocycles. The Balaban J connectivity index is 2.21. The summed E-state index contributed by atoms with van der Waals surface area (Å²) >= 11 is 5.83. The van der Waals surface area contributed by atoms with Crippen LogP contribution in [0.15, 0.2) is 36.4 Å². The summed E-state index contributed by atoms with van der Waals surface area (Å²) in [7, 11) is 3.08. The van der Waals surface area contributed by atoms with Gasteiger partial charge in [-0.15, -0.1) is 0 Å². The number of carbonyl (C=O) groups excluding carboxylic acids is 1. The van der Waals surface area contributed by atoms with Crippen LogP contribution >= 0.6 is 11.6 Å². The van der Waals surface area contributed by atoms with Crippen molar-refractivity contribution in [1.82, 2.24) is 0 Å². The van der Waals surface area contributed by atoms with E-state index < -0.39 is 0 Å². The first-order valence-electron chi connectivity index (χ1n) is 6.13. The Morgan fingerprint density at radius 2 is 1.81 bits per heavy atom. The molecule has 0 heterocycles. The van der Waals surface area contributed by atoms with Gasteiger partial charge >= 0.3 is 0 Å². The lowest BCUT2D eigenvalue weighted by molar-refractivity contribution is 0.102. The molecule has 0 fully saturated rings. The van der Waals surface area contributed by atoms with Crippen molar-refractivity contribution in [1.29, 1.82) is 0 Å². The minimum atomic E-state index is -0.286. The lowest BCUT2D eigenvalue weighted by atomic mass is 10.2. The second kappa shape index (κ2) is 6.37. The zero-order valence-corrected chi connectivity index (χ0v) is 12.4. The summed E-state index contributed by atoms with van der Waals surface area (Å²) in [6.45, 7) is 0. The number of hydrogen-bond acceptors (Lipinski definition) is 4. The molecule has 3 N–H and O–H groups in total. The minimum absolute atomic E-state index is 0.286. The zero-order chi connectivity index (χ0) is 15.4. The average molecular weight is 307 g/mol. The SMILES string of the molecule is COc1ccc(NC(=O)c2ccc(Cl)c(N)c2)cc1OC. The summed E-state index contributed by atoms with van der Waals surface area (Å²) in [5.74, 6) is 0.836. The fraction of sp³-hybridized carbons (Fsp3) is 0.133. The molecule has 1 amide bonds. The number of anilines is 2. The molecule has 6 heteroatoms. The molecule has 0 aliphatic heterocycles. The first-order valence-corrected chi connectivity index (χ1v) is 6.51. The third-order valence-corrected chi connectivity index (χ3v) is 3.24. The fourth-order valence-electron chi connectivity index (χ4n) is 1.80. The van der Waals surface area contributed by atoms with Crippen molar-refractivity contribution in [2.75, 3.05) is 25.3 Å². The summed E-state index contributed by atoms with van der Waals surface area (Å²) in [6.07, 6.45) is 0. The van der Waals surface area contributed by atoms with E-state index in [1.165, 1.54) is 13.2 Å². The Kier molecular flexibility index (Phi) is 4.55. The topological polar surface area (TPSA) is 73.6 Å². The Bertz CT molecular complexity index is 674. The second-order valence-electron chi connectivity index (χ2n) is 4.26. The van der Waals surface area contributed by atoms with Crippen LogP contribution in [0.2, 0.25) is 5.02 Å². The van der Waals surface area contributed by atoms with Gasteiger partial charge < -0.3 is 20.5 Å². The van der Waals surface area contributed by atoms with Gasteiger partial charge in [-0.25, -0.2) is 0 Å². The van der Waals surface area contributed by atoms with Crippen LogP contribution in [0, 0.1) is 0 Å². The highest BCUT2D eigenvalue weighted by Gasteiger charge is 2.10.